The lowest BCUT2D eigenvalue weighted by Gasteiger charge is -2.26. The Morgan fingerprint density at radius 3 is 2.22 bits per heavy atom. The van der Waals surface area contributed by atoms with Crippen molar-refractivity contribution in [3.63, 3.8) is 0 Å². The number of hydrogen-bond donors (Lipinski definition) is 0. The van der Waals surface area contributed by atoms with Gasteiger partial charge >= 0.3 is 0 Å². The van der Waals surface area contributed by atoms with Crippen molar-refractivity contribution >= 4 is 11.6 Å². The summed E-state index contributed by atoms with van der Waals surface area (Å²) in [6.07, 6.45) is 6.82. The van der Waals surface area contributed by atoms with Gasteiger partial charge in [0.05, 0.1) is 11.5 Å². The molecular weight excluding hydrogens is 244 g/mol. The molecule has 1 aromatic carbocycles. The third-order valence-electron chi connectivity index (χ3n) is 3.63. The Labute approximate surface area is 115 Å². The zero-order valence-electron chi connectivity index (χ0n) is 11.4. The molecule has 1 aromatic rings. The topological polar surface area (TPSA) is 9.23 Å². The minimum Gasteiger partial charge on any atom is -0.491 e. The summed E-state index contributed by atoms with van der Waals surface area (Å²) in [7, 11) is 0. The van der Waals surface area contributed by atoms with E-state index in [1.165, 1.54) is 37.7 Å². The van der Waals surface area contributed by atoms with Crippen molar-refractivity contribution in [2.45, 2.75) is 57.4 Å². The second-order valence-electron chi connectivity index (χ2n) is 5.54. The second-order valence-corrected chi connectivity index (χ2v) is 6.01. The van der Waals surface area contributed by atoms with E-state index in [1.807, 2.05) is 26.0 Å². The van der Waals surface area contributed by atoms with Crippen molar-refractivity contribution in [2.75, 3.05) is 0 Å². The van der Waals surface area contributed by atoms with Crippen LogP contribution in [0.2, 0.25) is 0 Å². The van der Waals surface area contributed by atoms with Crippen LogP contribution in [0, 0.1) is 5.92 Å². The number of alkyl halides is 1. The van der Waals surface area contributed by atoms with Crippen LogP contribution >= 0.6 is 11.6 Å². The second kappa shape index (κ2) is 6.47. The number of halogens is 1. The predicted molar refractivity (Wildman–Crippen MR) is 77.4 cm³/mol. The van der Waals surface area contributed by atoms with E-state index in [0.29, 0.717) is 5.92 Å². The van der Waals surface area contributed by atoms with Crippen molar-refractivity contribution in [2.24, 2.45) is 5.92 Å². The molecule has 2 heteroatoms. The average molecular weight is 267 g/mol. The molecule has 0 spiro atoms. The maximum atomic E-state index is 6.60. The standard InChI is InChI=1S/C16H23ClO/c1-12(2)18-15-10-8-14(9-11-15)16(17)13-6-4-3-5-7-13/h8-13,16H,3-7H2,1-2H3. The molecule has 1 unspecified atom stereocenters. The lowest BCUT2D eigenvalue weighted by atomic mass is 9.84. The lowest BCUT2D eigenvalue weighted by molar-refractivity contribution is 0.242. The van der Waals surface area contributed by atoms with Crippen molar-refractivity contribution in [3.8, 4) is 5.75 Å². The summed E-state index contributed by atoms with van der Waals surface area (Å²) in [4.78, 5) is 0. The Hall–Kier alpha value is -0.690. The van der Waals surface area contributed by atoms with Gasteiger partial charge in [-0.3, -0.25) is 0 Å². The van der Waals surface area contributed by atoms with Gasteiger partial charge in [0, 0.05) is 0 Å². The molecular formula is C16H23ClO. The first kappa shape index (κ1) is 13.7. The summed E-state index contributed by atoms with van der Waals surface area (Å²) in [5, 5.41) is 0.165. The molecule has 0 N–H and O–H groups in total. The van der Waals surface area contributed by atoms with E-state index in [9.17, 15) is 0 Å². The molecule has 0 radical (unpaired) electrons. The number of ether oxygens (including phenoxy) is 1. The highest BCUT2D eigenvalue weighted by molar-refractivity contribution is 6.21. The van der Waals surface area contributed by atoms with E-state index in [0.717, 1.165) is 5.75 Å². The number of rotatable bonds is 4. The molecule has 1 aliphatic carbocycles. The molecule has 0 aromatic heterocycles. The molecule has 2 rings (SSSR count). The van der Waals surface area contributed by atoms with Crippen LogP contribution in [0.1, 0.15) is 56.9 Å². The molecule has 1 saturated carbocycles. The van der Waals surface area contributed by atoms with Gasteiger partial charge in [0.15, 0.2) is 0 Å². The van der Waals surface area contributed by atoms with Gasteiger partial charge in [-0.25, -0.2) is 0 Å². The fraction of sp³-hybridized carbons (Fsp3) is 0.625. The Morgan fingerprint density at radius 1 is 1.06 bits per heavy atom. The highest BCUT2D eigenvalue weighted by Gasteiger charge is 2.23. The quantitative estimate of drug-likeness (QED) is 0.669. The maximum Gasteiger partial charge on any atom is 0.119 e. The first-order valence-corrected chi connectivity index (χ1v) is 7.51. The van der Waals surface area contributed by atoms with E-state index >= 15 is 0 Å². The minimum atomic E-state index is 0.165. The number of benzene rings is 1. The molecule has 1 aliphatic rings. The zero-order chi connectivity index (χ0) is 13.0. The molecule has 1 atom stereocenters. The monoisotopic (exact) mass is 266 g/mol. The molecule has 0 amide bonds. The van der Waals surface area contributed by atoms with Gasteiger partial charge in [0.1, 0.15) is 5.75 Å². The summed E-state index contributed by atoms with van der Waals surface area (Å²) in [5.74, 6) is 1.58. The first-order chi connectivity index (χ1) is 8.66. The van der Waals surface area contributed by atoms with Crippen LogP contribution < -0.4 is 4.74 Å². The summed E-state index contributed by atoms with van der Waals surface area (Å²) in [6.45, 7) is 4.08. The fourth-order valence-corrected chi connectivity index (χ4v) is 3.10. The average Bonchev–Trinajstić information content (AvgIpc) is 2.39. The Balaban J connectivity index is 1.99. The summed E-state index contributed by atoms with van der Waals surface area (Å²) in [5.41, 5.74) is 1.24. The van der Waals surface area contributed by atoms with Gasteiger partial charge < -0.3 is 4.74 Å². The van der Waals surface area contributed by atoms with Crippen molar-refractivity contribution in [1.82, 2.24) is 0 Å². The first-order valence-electron chi connectivity index (χ1n) is 7.07. The van der Waals surface area contributed by atoms with Crippen molar-refractivity contribution in [1.29, 1.82) is 0 Å². The molecule has 1 nitrogen and oxygen atoms in total. The lowest BCUT2D eigenvalue weighted by Crippen LogP contribution is -2.12. The fourth-order valence-electron chi connectivity index (χ4n) is 2.70. The van der Waals surface area contributed by atoms with Gasteiger partial charge in [0.25, 0.3) is 0 Å². The third-order valence-corrected chi connectivity index (χ3v) is 4.24. The van der Waals surface area contributed by atoms with Gasteiger partial charge in [-0.1, -0.05) is 31.4 Å². The molecule has 1 fully saturated rings. The van der Waals surface area contributed by atoms with E-state index in [2.05, 4.69) is 12.1 Å². The summed E-state index contributed by atoms with van der Waals surface area (Å²) in [6, 6.07) is 8.30. The van der Waals surface area contributed by atoms with Crippen LogP contribution in [0.25, 0.3) is 0 Å². The van der Waals surface area contributed by atoms with Gasteiger partial charge in [-0.15, -0.1) is 11.6 Å². The van der Waals surface area contributed by atoms with Crippen molar-refractivity contribution in [3.05, 3.63) is 29.8 Å². The van der Waals surface area contributed by atoms with Crippen molar-refractivity contribution < 1.29 is 4.74 Å². The van der Waals surface area contributed by atoms with Crippen LogP contribution in [0.3, 0.4) is 0 Å². The number of hydrogen-bond acceptors (Lipinski definition) is 1. The van der Waals surface area contributed by atoms with Crippen LogP contribution in [-0.2, 0) is 0 Å². The Bertz CT molecular complexity index is 352. The molecule has 100 valence electrons. The van der Waals surface area contributed by atoms with Gasteiger partial charge in [-0.2, -0.15) is 0 Å². The molecule has 0 saturated heterocycles. The summed E-state index contributed by atoms with van der Waals surface area (Å²) < 4.78 is 5.65. The van der Waals surface area contributed by atoms with E-state index in [1.54, 1.807) is 0 Å². The Morgan fingerprint density at radius 2 is 1.67 bits per heavy atom. The van der Waals surface area contributed by atoms with E-state index in [4.69, 9.17) is 16.3 Å². The molecule has 0 heterocycles. The van der Waals surface area contributed by atoms with E-state index < -0.39 is 0 Å². The highest BCUT2D eigenvalue weighted by Crippen LogP contribution is 2.39. The van der Waals surface area contributed by atoms with Gasteiger partial charge in [-0.05, 0) is 50.3 Å². The highest BCUT2D eigenvalue weighted by atomic mass is 35.5. The minimum absolute atomic E-state index is 0.165. The SMILES string of the molecule is CC(C)Oc1ccc(C(Cl)C2CCCCC2)cc1. The molecule has 18 heavy (non-hydrogen) atoms. The summed E-state index contributed by atoms with van der Waals surface area (Å²) >= 11 is 6.60. The van der Waals surface area contributed by atoms with Crippen LogP contribution in [-0.4, -0.2) is 6.10 Å². The largest absolute Gasteiger partial charge is 0.491 e. The maximum absolute atomic E-state index is 6.60. The molecule has 0 bridgehead atoms. The zero-order valence-corrected chi connectivity index (χ0v) is 12.1. The third kappa shape index (κ3) is 3.65. The van der Waals surface area contributed by atoms with Crippen LogP contribution in [0.4, 0.5) is 0 Å². The smallest absolute Gasteiger partial charge is 0.119 e. The normalized spacial score (nSPS) is 18.9. The van der Waals surface area contributed by atoms with E-state index in [-0.39, 0.29) is 11.5 Å². The Kier molecular flexibility index (Phi) is 4.94. The van der Waals surface area contributed by atoms with Crippen LogP contribution in [0.5, 0.6) is 5.75 Å². The van der Waals surface area contributed by atoms with Crippen LogP contribution in [0.15, 0.2) is 24.3 Å². The predicted octanol–water partition coefficient (Wildman–Crippen LogP) is 5.33. The van der Waals surface area contributed by atoms with Gasteiger partial charge in [0.2, 0.25) is 0 Å². The molecule has 0 aliphatic heterocycles.